The highest BCUT2D eigenvalue weighted by atomic mass is 32.2. The van der Waals surface area contributed by atoms with Crippen LogP contribution in [0.15, 0.2) is 18.2 Å². The predicted molar refractivity (Wildman–Crippen MR) is 108 cm³/mol. The number of carbonyl (C=O) groups excluding carboxylic acids is 1. The molecule has 146 valence electrons. The van der Waals surface area contributed by atoms with Crippen LogP contribution in [-0.4, -0.2) is 62.2 Å². The standard InChI is InChI=1S/C20H32N2O3S/c1-15(2)13-22(20(23)12-17-14-26-10-8-21-17)9-7-16-5-6-18(24-3)19(11-16)25-4/h5-6,11,15,17,21H,7-10,12-14H2,1-4H3. The van der Waals surface area contributed by atoms with E-state index < -0.39 is 0 Å². The largest absolute Gasteiger partial charge is 0.493 e. The molecule has 0 bridgehead atoms. The molecule has 0 spiro atoms. The van der Waals surface area contributed by atoms with Gasteiger partial charge in [0.25, 0.3) is 0 Å². The van der Waals surface area contributed by atoms with E-state index >= 15 is 0 Å². The summed E-state index contributed by atoms with van der Waals surface area (Å²) in [4.78, 5) is 14.8. The number of nitrogens with one attached hydrogen (secondary N) is 1. The summed E-state index contributed by atoms with van der Waals surface area (Å²) in [6, 6.07) is 6.26. The number of ether oxygens (including phenoxy) is 2. The minimum absolute atomic E-state index is 0.249. The lowest BCUT2D eigenvalue weighted by atomic mass is 10.1. The Balaban J connectivity index is 1.97. The van der Waals surface area contributed by atoms with E-state index in [1.807, 2.05) is 34.9 Å². The molecule has 1 atom stereocenters. The molecule has 6 heteroatoms. The van der Waals surface area contributed by atoms with Crippen LogP contribution in [0.4, 0.5) is 0 Å². The first-order chi connectivity index (χ1) is 12.5. The second-order valence-corrected chi connectivity index (χ2v) is 8.25. The Morgan fingerprint density at radius 1 is 1.31 bits per heavy atom. The summed E-state index contributed by atoms with van der Waals surface area (Å²) in [6.07, 6.45) is 1.40. The Morgan fingerprint density at radius 2 is 2.08 bits per heavy atom. The van der Waals surface area contributed by atoms with Crippen LogP contribution in [-0.2, 0) is 11.2 Å². The van der Waals surface area contributed by atoms with Gasteiger partial charge in [0.2, 0.25) is 5.91 Å². The molecule has 5 nitrogen and oxygen atoms in total. The van der Waals surface area contributed by atoms with Crippen molar-refractivity contribution < 1.29 is 14.3 Å². The van der Waals surface area contributed by atoms with E-state index in [2.05, 4.69) is 19.2 Å². The summed E-state index contributed by atoms with van der Waals surface area (Å²) in [6.45, 7) is 6.84. The van der Waals surface area contributed by atoms with E-state index in [9.17, 15) is 4.79 Å². The number of carbonyl (C=O) groups is 1. The molecule has 1 fully saturated rings. The number of hydrogen-bond acceptors (Lipinski definition) is 5. The van der Waals surface area contributed by atoms with Crippen molar-refractivity contribution >= 4 is 17.7 Å². The van der Waals surface area contributed by atoms with E-state index in [0.29, 0.717) is 18.4 Å². The van der Waals surface area contributed by atoms with Gasteiger partial charge in [-0.15, -0.1) is 0 Å². The molecule has 1 unspecified atom stereocenters. The summed E-state index contributed by atoms with van der Waals surface area (Å²) < 4.78 is 10.7. The first-order valence-corrected chi connectivity index (χ1v) is 10.5. The van der Waals surface area contributed by atoms with Crippen LogP contribution >= 0.6 is 11.8 Å². The number of thioether (sulfide) groups is 1. The van der Waals surface area contributed by atoms with Gasteiger partial charge in [0.15, 0.2) is 11.5 Å². The number of nitrogens with zero attached hydrogens (tertiary/aromatic N) is 1. The zero-order valence-corrected chi connectivity index (χ0v) is 17.2. The van der Waals surface area contributed by atoms with Crippen LogP contribution in [0.25, 0.3) is 0 Å². The van der Waals surface area contributed by atoms with Crippen molar-refractivity contribution in [3.63, 3.8) is 0 Å². The van der Waals surface area contributed by atoms with Crippen LogP contribution in [0.2, 0.25) is 0 Å². The van der Waals surface area contributed by atoms with Gasteiger partial charge >= 0.3 is 0 Å². The van der Waals surface area contributed by atoms with Crippen LogP contribution < -0.4 is 14.8 Å². The van der Waals surface area contributed by atoms with E-state index in [-0.39, 0.29) is 5.91 Å². The second-order valence-electron chi connectivity index (χ2n) is 7.10. The molecule has 1 N–H and O–H groups in total. The van der Waals surface area contributed by atoms with Gasteiger partial charge in [0.05, 0.1) is 14.2 Å². The predicted octanol–water partition coefficient (Wildman–Crippen LogP) is 2.83. The van der Waals surface area contributed by atoms with Crippen LogP contribution in [0.1, 0.15) is 25.8 Å². The van der Waals surface area contributed by atoms with Crippen molar-refractivity contribution in [1.29, 1.82) is 0 Å². The summed E-state index contributed by atoms with van der Waals surface area (Å²) >= 11 is 1.93. The minimum atomic E-state index is 0.249. The fourth-order valence-electron chi connectivity index (χ4n) is 3.15. The van der Waals surface area contributed by atoms with Gasteiger partial charge in [-0.2, -0.15) is 11.8 Å². The fraction of sp³-hybridized carbons (Fsp3) is 0.650. The van der Waals surface area contributed by atoms with Gasteiger partial charge in [-0.05, 0) is 30.0 Å². The number of methoxy groups -OCH3 is 2. The Labute approximate surface area is 161 Å². The zero-order chi connectivity index (χ0) is 18.9. The van der Waals surface area contributed by atoms with Crippen molar-refractivity contribution in [3.05, 3.63) is 23.8 Å². The van der Waals surface area contributed by atoms with Gasteiger partial charge in [-0.1, -0.05) is 19.9 Å². The normalized spacial score (nSPS) is 17.2. The first-order valence-electron chi connectivity index (χ1n) is 9.33. The van der Waals surface area contributed by atoms with E-state index in [1.165, 1.54) is 0 Å². The topological polar surface area (TPSA) is 50.8 Å². The lowest BCUT2D eigenvalue weighted by Crippen LogP contribution is -2.44. The third-order valence-electron chi connectivity index (χ3n) is 4.48. The molecule has 0 saturated carbocycles. The van der Waals surface area contributed by atoms with Crippen molar-refractivity contribution in [2.24, 2.45) is 5.92 Å². The molecule has 1 aromatic rings. The average Bonchev–Trinajstić information content (AvgIpc) is 2.65. The average molecular weight is 381 g/mol. The number of benzene rings is 1. The molecule has 1 aliphatic rings. The lowest BCUT2D eigenvalue weighted by molar-refractivity contribution is -0.132. The van der Waals surface area contributed by atoms with Gasteiger partial charge in [0.1, 0.15) is 0 Å². The molecule has 1 saturated heterocycles. The van der Waals surface area contributed by atoms with Crippen molar-refractivity contribution in [2.75, 3.05) is 45.4 Å². The molecule has 0 aromatic heterocycles. The van der Waals surface area contributed by atoms with E-state index in [4.69, 9.17) is 9.47 Å². The monoisotopic (exact) mass is 380 g/mol. The maximum atomic E-state index is 12.8. The zero-order valence-electron chi connectivity index (χ0n) is 16.4. The van der Waals surface area contributed by atoms with Crippen molar-refractivity contribution in [1.82, 2.24) is 10.2 Å². The molecule has 1 amide bonds. The smallest absolute Gasteiger partial charge is 0.224 e. The van der Waals surface area contributed by atoms with E-state index in [1.54, 1.807) is 14.2 Å². The highest BCUT2D eigenvalue weighted by Crippen LogP contribution is 2.27. The maximum Gasteiger partial charge on any atom is 0.224 e. The number of rotatable bonds is 9. The molecule has 26 heavy (non-hydrogen) atoms. The van der Waals surface area contributed by atoms with Crippen LogP contribution in [0, 0.1) is 5.92 Å². The SMILES string of the molecule is COc1ccc(CCN(CC(C)C)C(=O)CC2CSCCN2)cc1OC. The molecule has 2 rings (SSSR count). The molecule has 1 heterocycles. The van der Waals surface area contributed by atoms with Crippen LogP contribution in [0.5, 0.6) is 11.5 Å². The number of amides is 1. The lowest BCUT2D eigenvalue weighted by Gasteiger charge is -2.29. The Morgan fingerprint density at radius 3 is 2.69 bits per heavy atom. The second kappa shape index (κ2) is 10.7. The van der Waals surface area contributed by atoms with Gasteiger partial charge in [0, 0.05) is 43.6 Å². The summed E-state index contributed by atoms with van der Waals surface area (Å²) in [5.74, 6) is 4.33. The van der Waals surface area contributed by atoms with Crippen LogP contribution in [0.3, 0.4) is 0 Å². The molecule has 1 aliphatic heterocycles. The highest BCUT2D eigenvalue weighted by Gasteiger charge is 2.21. The first kappa shape index (κ1) is 20.9. The van der Waals surface area contributed by atoms with E-state index in [0.717, 1.165) is 54.6 Å². The number of hydrogen-bond donors (Lipinski definition) is 1. The molecular weight excluding hydrogens is 348 g/mol. The summed E-state index contributed by atoms with van der Waals surface area (Å²) in [7, 11) is 3.28. The van der Waals surface area contributed by atoms with Gasteiger partial charge in [-0.3, -0.25) is 4.79 Å². The third kappa shape index (κ3) is 6.40. The fourth-order valence-corrected chi connectivity index (χ4v) is 4.10. The minimum Gasteiger partial charge on any atom is -0.493 e. The quantitative estimate of drug-likeness (QED) is 0.714. The molecule has 0 radical (unpaired) electrons. The third-order valence-corrected chi connectivity index (χ3v) is 5.61. The molecular formula is C20H32N2O3S. The van der Waals surface area contributed by atoms with Gasteiger partial charge < -0.3 is 19.7 Å². The van der Waals surface area contributed by atoms with Crippen molar-refractivity contribution in [3.8, 4) is 11.5 Å². The van der Waals surface area contributed by atoms with Crippen molar-refractivity contribution in [2.45, 2.75) is 32.7 Å². The Kier molecular flexibility index (Phi) is 8.59. The Hall–Kier alpha value is -1.40. The van der Waals surface area contributed by atoms with Gasteiger partial charge in [-0.25, -0.2) is 0 Å². The summed E-state index contributed by atoms with van der Waals surface area (Å²) in [5.41, 5.74) is 1.15. The summed E-state index contributed by atoms with van der Waals surface area (Å²) in [5, 5.41) is 3.46. The highest BCUT2D eigenvalue weighted by molar-refractivity contribution is 7.99. The molecule has 1 aromatic carbocycles. The Bertz CT molecular complexity index is 574. The molecule has 0 aliphatic carbocycles. The maximum absolute atomic E-state index is 12.8.